The molecule has 5 aliphatic heterocycles. The third-order valence-corrected chi connectivity index (χ3v) is 17.0. The lowest BCUT2D eigenvalue weighted by atomic mass is 9.82. The van der Waals surface area contributed by atoms with Crippen LogP contribution in [0.25, 0.3) is 11.1 Å². The summed E-state index contributed by atoms with van der Waals surface area (Å²) < 4.78 is 29.7. The summed E-state index contributed by atoms with van der Waals surface area (Å²) in [5, 5.41) is 19.1. The van der Waals surface area contributed by atoms with Crippen molar-refractivity contribution in [3.05, 3.63) is 107 Å². The van der Waals surface area contributed by atoms with Crippen LogP contribution in [0.1, 0.15) is 95.7 Å². The number of imide groups is 2. The summed E-state index contributed by atoms with van der Waals surface area (Å²) in [4.78, 5) is 68.4. The average Bonchev–Trinajstić information content (AvgIpc) is 3.88. The first kappa shape index (κ1) is 45.8. The molecule has 14 nitrogen and oxygen atoms in total. The number of nitrogens with one attached hydrogen (secondary N) is 3. The number of amides is 5. The third kappa shape index (κ3) is 9.30. The molecule has 1 unspecified atom stereocenters. The fourth-order valence-electron chi connectivity index (χ4n) is 10.4. The SMILES string of the molecule is Cc1ccc(S(=O)(=O)N2CC[C@@H]3[C@H](CO)Nc4ccc(-c5cccc(NC(=O)CCCN6CCC(CCCSc7cccc8c7C(=O)N(C7CCC(=O)NC7=O)C8=O)CC6)c5)cc4[C@@H]32)cc1. The van der Waals surface area contributed by atoms with Gasteiger partial charge >= 0.3 is 0 Å². The number of fused-ring (bicyclic) bond motifs is 4. The highest BCUT2D eigenvalue weighted by Crippen LogP contribution is 2.49. The summed E-state index contributed by atoms with van der Waals surface area (Å²) in [5.74, 6) is -0.722. The zero-order chi connectivity index (χ0) is 46.1. The monoisotopic (exact) mass is 932 g/mol. The Hall–Kier alpha value is -5.39. The molecule has 0 saturated carbocycles. The second-order valence-corrected chi connectivity index (χ2v) is 21.2. The summed E-state index contributed by atoms with van der Waals surface area (Å²) in [6.07, 6.45) is 6.18. The molecular weight excluding hydrogens is 877 g/mol. The molecule has 9 rings (SSSR count). The maximum absolute atomic E-state index is 14.0. The molecule has 16 heteroatoms. The van der Waals surface area contributed by atoms with E-state index in [4.69, 9.17) is 0 Å². The molecule has 5 heterocycles. The smallest absolute Gasteiger partial charge is 0.263 e. The van der Waals surface area contributed by atoms with Gasteiger partial charge in [0.2, 0.25) is 27.7 Å². The van der Waals surface area contributed by atoms with Crippen molar-refractivity contribution < 1.29 is 37.5 Å². The first-order valence-electron chi connectivity index (χ1n) is 23.1. The number of piperidine rings is 2. The quantitative estimate of drug-likeness (QED) is 0.0572. The van der Waals surface area contributed by atoms with Crippen LogP contribution in [0.2, 0.25) is 0 Å². The van der Waals surface area contributed by atoms with Crippen molar-refractivity contribution in [3.63, 3.8) is 0 Å². The predicted octanol–water partition coefficient (Wildman–Crippen LogP) is 6.60. The number of rotatable bonds is 15. The Morgan fingerprint density at radius 1 is 0.864 bits per heavy atom. The van der Waals surface area contributed by atoms with E-state index in [2.05, 4.69) is 20.9 Å². The van der Waals surface area contributed by atoms with E-state index >= 15 is 0 Å². The fourth-order valence-corrected chi connectivity index (χ4v) is 13.1. The molecular formula is C50H56N6O8S2. The molecule has 4 N–H and O–H groups in total. The summed E-state index contributed by atoms with van der Waals surface area (Å²) >= 11 is 1.56. The molecule has 3 saturated heterocycles. The predicted molar refractivity (Wildman–Crippen MR) is 252 cm³/mol. The number of aryl methyl sites for hydroxylation is 1. The Labute approximate surface area is 389 Å². The van der Waals surface area contributed by atoms with Gasteiger partial charge in [-0.1, -0.05) is 42.0 Å². The van der Waals surface area contributed by atoms with Crippen LogP contribution in [-0.4, -0.2) is 108 Å². The van der Waals surface area contributed by atoms with Gasteiger partial charge in [0.05, 0.1) is 34.7 Å². The van der Waals surface area contributed by atoms with E-state index in [-0.39, 0.29) is 42.2 Å². The molecule has 0 bridgehead atoms. The van der Waals surface area contributed by atoms with Crippen molar-refractivity contribution in [3.8, 4) is 11.1 Å². The van der Waals surface area contributed by atoms with E-state index in [1.54, 1.807) is 40.3 Å². The molecule has 0 radical (unpaired) electrons. The van der Waals surface area contributed by atoms with Gasteiger partial charge < -0.3 is 20.6 Å². The van der Waals surface area contributed by atoms with Crippen LogP contribution < -0.4 is 16.0 Å². The van der Waals surface area contributed by atoms with Gasteiger partial charge in [0.25, 0.3) is 11.8 Å². The topological polar surface area (TPSA) is 186 Å². The molecule has 5 amide bonds. The van der Waals surface area contributed by atoms with E-state index < -0.39 is 45.7 Å². The minimum absolute atomic E-state index is 0.0474. The lowest BCUT2D eigenvalue weighted by Gasteiger charge is -2.39. The van der Waals surface area contributed by atoms with Crippen LogP contribution in [-0.2, 0) is 24.4 Å². The van der Waals surface area contributed by atoms with Crippen molar-refractivity contribution >= 4 is 62.7 Å². The molecule has 0 aliphatic carbocycles. The van der Waals surface area contributed by atoms with Gasteiger partial charge in [-0.05, 0) is 148 Å². The van der Waals surface area contributed by atoms with Crippen molar-refractivity contribution in [2.24, 2.45) is 11.8 Å². The molecule has 346 valence electrons. The lowest BCUT2D eigenvalue weighted by molar-refractivity contribution is -0.136. The number of sulfonamides is 1. The highest BCUT2D eigenvalue weighted by atomic mass is 32.2. The Morgan fingerprint density at radius 3 is 2.41 bits per heavy atom. The van der Waals surface area contributed by atoms with Crippen LogP contribution in [0.5, 0.6) is 0 Å². The number of hydrogen-bond acceptors (Lipinski definition) is 11. The first-order chi connectivity index (χ1) is 31.9. The molecule has 4 aromatic rings. The molecule has 0 aromatic heterocycles. The minimum atomic E-state index is -3.80. The van der Waals surface area contributed by atoms with Crippen LogP contribution in [0.4, 0.5) is 11.4 Å². The number of likely N-dealkylation sites (tertiary alicyclic amines) is 1. The highest BCUT2D eigenvalue weighted by Gasteiger charge is 2.49. The fraction of sp³-hybridized carbons (Fsp3) is 0.420. The van der Waals surface area contributed by atoms with E-state index in [1.165, 1.54) is 0 Å². The summed E-state index contributed by atoms with van der Waals surface area (Å²) in [6.45, 7) is 5.00. The Balaban J connectivity index is 0.731. The molecule has 4 aromatic carbocycles. The van der Waals surface area contributed by atoms with E-state index in [1.807, 2.05) is 67.6 Å². The van der Waals surface area contributed by atoms with Crippen molar-refractivity contribution in [2.45, 2.75) is 92.6 Å². The molecule has 5 aliphatic rings. The number of aliphatic hydroxyl groups is 1. The molecule has 66 heavy (non-hydrogen) atoms. The van der Waals surface area contributed by atoms with Gasteiger partial charge in [-0.2, -0.15) is 4.31 Å². The Bertz CT molecular complexity index is 2650. The summed E-state index contributed by atoms with van der Waals surface area (Å²) in [7, 11) is -3.80. The van der Waals surface area contributed by atoms with Gasteiger partial charge in [-0.3, -0.25) is 34.2 Å². The van der Waals surface area contributed by atoms with Crippen molar-refractivity contribution in [2.75, 3.05) is 49.2 Å². The van der Waals surface area contributed by atoms with Gasteiger partial charge in [-0.15, -0.1) is 11.8 Å². The van der Waals surface area contributed by atoms with Gasteiger partial charge in [-0.25, -0.2) is 8.42 Å². The zero-order valence-corrected chi connectivity index (χ0v) is 38.7. The first-order valence-corrected chi connectivity index (χ1v) is 25.5. The maximum atomic E-state index is 14.0. The average molecular weight is 933 g/mol. The molecule has 3 fully saturated rings. The second kappa shape index (κ2) is 19.4. The minimum Gasteiger partial charge on any atom is -0.394 e. The number of anilines is 2. The molecule has 4 atom stereocenters. The Morgan fingerprint density at radius 2 is 1.64 bits per heavy atom. The van der Waals surface area contributed by atoms with E-state index in [0.717, 1.165) is 95.2 Å². The number of hydrogen-bond donors (Lipinski definition) is 4. The lowest BCUT2D eigenvalue weighted by Crippen LogP contribution is -2.54. The second-order valence-electron chi connectivity index (χ2n) is 18.2. The summed E-state index contributed by atoms with van der Waals surface area (Å²) in [5.41, 5.74) is 5.82. The van der Waals surface area contributed by atoms with Crippen molar-refractivity contribution in [1.29, 1.82) is 0 Å². The number of thioether (sulfide) groups is 1. The third-order valence-electron chi connectivity index (χ3n) is 14.0. The molecule has 0 spiro atoms. The highest BCUT2D eigenvalue weighted by molar-refractivity contribution is 7.99. The van der Waals surface area contributed by atoms with Crippen LogP contribution >= 0.6 is 11.8 Å². The van der Waals surface area contributed by atoms with Crippen LogP contribution in [0, 0.1) is 18.8 Å². The van der Waals surface area contributed by atoms with Crippen LogP contribution in [0.3, 0.4) is 0 Å². The largest absolute Gasteiger partial charge is 0.394 e. The van der Waals surface area contributed by atoms with Crippen molar-refractivity contribution in [1.82, 2.24) is 19.4 Å². The number of benzene rings is 4. The van der Waals surface area contributed by atoms with Gasteiger partial charge in [0.1, 0.15) is 6.04 Å². The normalized spacial score (nSPS) is 22.4. The maximum Gasteiger partial charge on any atom is 0.263 e. The number of aliphatic hydroxyl groups excluding tert-OH is 1. The zero-order valence-electron chi connectivity index (χ0n) is 37.0. The van der Waals surface area contributed by atoms with Gasteiger partial charge in [0, 0.05) is 41.6 Å². The summed E-state index contributed by atoms with van der Waals surface area (Å²) in [6, 6.07) is 24.2. The van der Waals surface area contributed by atoms with E-state index in [0.29, 0.717) is 42.1 Å². The van der Waals surface area contributed by atoms with E-state index in [9.17, 15) is 37.5 Å². The Kier molecular flexibility index (Phi) is 13.5. The van der Waals surface area contributed by atoms with Crippen LogP contribution in [0.15, 0.2) is 94.7 Å². The number of nitrogens with zero attached hydrogens (tertiary/aromatic N) is 3. The number of carbonyl (C=O) groups excluding carboxylic acids is 5. The number of carbonyl (C=O) groups is 5. The van der Waals surface area contributed by atoms with Gasteiger partial charge in [0.15, 0.2) is 0 Å². The standard InChI is InChI=1S/C50H56N6O8S2/c1-31-12-15-36(16-13-31)66(63,64)55-26-22-37-41(30-57)52-40-17-14-34(29-39(40)47(37)55)33-7-2-8-35(28-33)51-44(58)11-4-23-54-24-20-32(21-25-54)6-5-27-65-43-10-3-9-38-46(43)50(62)56(49(38)61)42-18-19-45(59)53-48(42)60/h2-3,7-10,12-17,28-29,32,37,41-42,47,52,57H,4-6,11,18-27,30H2,1H3,(H,51,58)(H,53,59,60)/t37-,41+,42?,47-/m1/s1.